The molecule has 0 unspecified atom stereocenters. The van der Waals surface area contributed by atoms with Gasteiger partial charge in [0.05, 0.1) is 16.9 Å². The van der Waals surface area contributed by atoms with Crippen LogP contribution in [-0.2, 0) is 0 Å². The van der Waals surface area contributed by atoms with Crippen molar-refractivity contribution in [1.29, 1.82) is 0 Å². The fourth-order valence-electron chi connectivity index (χ4n) is 4.61. The molecule has 0 spiro atoms. The average molecular weight is 573 g/mol. The summed E-state index contributed by atoms with van der Waals surface area (Å²) in [4.78, 5) is 29.4. The van der Waals surface area contributed by atoms with Crippen LogP contribution < -0.4 is 15.5 Å². The van der Waals surface area contributed by atoms with Gasteiger partial charge in [-0.3, -0.25) is 14.9 Å². The van der Waals surface area contributed by atoms with E-state index in [-0.39, 0.29) is 22.5 Å². The highest BCUT2D eigenvalue weighted by atomic mass is 35.5. The molecule has 0 aromatic heterocycles. The van der Waals surface area contributed by atoms with E-state index in [9.17, 15) is 14.0 Å². The van der Waals surface area contributed by atoms with E-state index < -0.39 is 5.82 Å². The fourth-order valence-corrected chi connectivity index (χ4v) is 4.99. The maximum absolute atomic E-state index is 14.1. The van der Waals surface area contributed by atoms with Gasteiger partial charge in [-0.2, -0.15) is 0 Å². The van der Waals surface area contributed by atoms with Crippen molar-refractivity contribution in [2.75, 3.05) is 36.4 Å². The maximum Gasteiger partial charge on any atom is 0.257 e. The third kappa shape index (κ3) is 6.30. The lowest BCUT2D eigenvalue weighted by Gasteiger charge is -2.37. The van der Waals surface area contributed by atoms with Crippen molar-refractivity contribution in [3.05, 3.63) is 119 Å². The summed E-state index contributed by atoms with van der Waals surface area (Å²) in [5.41, 5.74) is 4.08. The monoisotopic (exact) mass is 572 g/mol. The molecule has 0 atom stereocenters. The summed E-state index contributed by atoms with van der Waals surface area (Å²) in [6.07, 6.45) is 0. The summed E-state index contributed by atoms with van der Waals surface area (Å²) in [5.74, 6) is -1.18. The number of piperazine rings is 1. The standard InChI is InChI=1S/C31H26ClFN4O2S/c32-24-14-15-28(36-16-18-37(19-17-36)30(39)25-8-4-5-9-26(25)33)27(20-24)34-31(40)35-29(38)23-12-10-22(11-13-23)21-6-2-1-3-7-21/h1-15,20H,16-19H2,(H2,34,35,38,40). The van der Waals surface area contributed by atoms with E-state index in [1.54, 1.807) is 41.3 Å². The largest absolute Gasteiger partial charge is 0.366 e. The summed E-state index contributed by atoms with van der Waals surface area (Å²) in [7, 11) is 0. The molecule has 2 N–H and O–H groups in total. The molecule has 2 amide bonds. The van der Waals surface area contributed by atoms with E-state index >= 15 is 0 Å². The number of benzene rings is 4. The lowest BCUT2D eigenvalue weighted by molar-refractivity contribution is 0.0742. The molecule has 1 aliphatic heterocycles. The first kappa shape index (κ1) is 27.3. The number of thiocarbonyl (C=S) groups is 1. The Labute approximate surface area is 242 Å². The third-order valence-electron chi connectivity index (χ3n) is 6.70. The number of rotatable bonds is 5. The lowest BCUT2D eigenvalue weighted by Crippen LogP contribution is -2.49. The van der Waals surface area contributed by atoms with Gasteiger partial charge < -0.3 is 15.1 Å². The van der Waals surface area contributed by atoms with Crippen molar-refractivity contribution in [2.24, 2.45) is 0 Å². The number of anilines is 2. The SMILES string of the molecule is O=C(NC(=S)Nc1cc(Cl)ccc1N1CCN(C(=O)c2ccccc2F)CC1)c1ccc(-c2ccccc2)cc1. The molecule has 1 heterocycles. The molecule has 6 nitrogen and oxygen atoms in total. The van der Waals surface area contributed by atoms with Gasteiger partial charge in [-0.05, 0) is 65.8 Å². The van der Waals surface area contributed by atoms with Gasteiger partial charge in [-0.15, -0.1) is 0 Å². The molecule has 202 valence electrons. The van der Waals surface area contributed by atoms with Crippen molar-refractivity contribution in [3.63, 3.8) is 0 Å². The van der Waals surface area contributed by atoms with Gasteiger partial charge in [0, 0.05) is 36.8 Å². The van der Waals surface area contributed by atoms with Gasteiger partial charge in [-0.25, -0.2) is 4.39 Å². The van der Waals surface area contributed by atoms with Crippen LogP contribution in [0.2, 0.25) is 5.02 Å². The summed E-state index contributed by atoms with van der Waals surface area (Å²) in [5, 5.41) is 6.47. The predicted molar refractivity (Wildman–Crippen MR) is 162 cm³/mol. The van der Waals surface area contributed by atoms with Crippen LogP contribution in [0.5, 0.6) is 0 Å². The number of hydrogen-bond donors (Lipinski definition) is 2. The van der Waals surface area contributed by atoms with Gasteiger partial charge in [0.1, 0.15) is 5.82 Å². The van der Waals surface area contributed by atoms with E-state index in [4.69, 9.17) is 23.8 Å². The molecule has 1 fully saturated rings. The fraction of sp³-hybridized carbons (Fsp3) is 0.129. The van der Waals surface area contributed by atoms with Crippen LogP contribution in [0.1, 0.15) is 20.7 Å². The Bertz CT molecular complexity index is 1540. The number of nitrogens with zero attached hydrogens (tertiary/aromatic N) is 2. The molecule has 5 rings (SSSR count). The van der Waals surface area contributed by atoms with Crippen molar-refractivity contribution in [3.8, 4) is 11.1 Å². The zero-order valence-electron chi connectivity index (χ0n) is 21.4. The van der Waals surface area contributed by atoms with Gasteiger partial charge in [0.15, 0.2) is 5.11 Å². The van der Waals surface area contributed by atoms with Crippen LogP contribution in [0.15, 0.2) is 97.1 Å². The van der Waals surface area contributed by atoms with Crippen LogP contribution in [0.4, 0.5) is 15.8 Å². The first-order valence-electron chi connectivity index (χ1n) is 12.7. The summed E-state index contributed by atoms with van der Waals surface area (Å²) >= 11 is 11.7. The van der Waals surface area contributed by atoms with Crippen molar-refractivity contribution < 1.29 is 14.0 Å². The first-order chi connectivity index (χ1) is 19.4. The number of nitrogens with one attached hydrogen (secondary N) is 2. The first-order valence-corrected chi connectivity index (χ1v) is 13.5. The van der Waals surface area contributed by atoms with Crippen LogP contribution in [-0.4, -0.2) is 48.0 Å². The van der Waals surface area contributed by atoms with E-state index in [2.05, 4.69) is 15.5 Å². The van der Waals surface area contributed by atoms with Gasteiger partial charge in [-0.1, -0.05) is 66.2 Å². The molecule has 0 aliphatic carbocycles. The second-order valence-electron chi connectivity index (χ2n) is 9.27. The minimum atomic E-state index is -0.526. The smallest absolute Gasteiger partial charge is 0.257 e. The van der Waals surface area contributed by atoms with Gasteiger partial charge in [0.25, 0.3) is 11.8 Å². The highest BCUT2D eigenvalue weighted by molar-refractivity contribution is 7.80. The number of halogens is 2. The van der Waals surface area contributed by atoms with Crippen LogP contribution in [0.3, 0.4) is 0 Å². The van der Waals surface area contributed by atoms with E-state index in [1.165, 1.54) is 12.1 Å². The molecule has 0 bridgehead atoms. The minimum absolute atomic E-state index is 0.0700. The number of amides is 2. The Balaban J connectivity index is 1.22. The Kier molecular flexibility index (Phi) is 8.38. The number of carbonyl (C=O) groups excluding carboxylic acids is 2. The minimum Gasteiger partial charge on any atom is -0.366 e. The van der Waals surface area contributed by atoms with E-state index in [0.717, 1.165) is 16.8 Å². The van der Waals surface area contributed by atoms with E-state index in [1.807, 2.05) is 48.5 Å². The van der Waals surface area contributed by atoms with Crippen molar-refractivity contribution in [2.45, 2.75) is 0 Å². The van der Waals surface area contributed by atoms with Crippen LogP contribution in [0.25, 0.3) is 11.1 Å². The highest BCUT2D eigenvalue weighted by Gasteiger charge is 2.25. The van der Waals surface area contributed by atoms with E-state index in [0.29, 0.717) is 42.5 Å². The Morgan fingerprint density at radius 3 is 2.15 bits per heavy atom. The molecule has 0 saturated carbocycles. The Morgan fingerprint density at radius 2 is 1.45 bits per heavy atom. The molecule has 4 aromatic carbocycles. The van der Waals surface area contributed by atoms with Crippen LogP contribution >= 0.6 is 23.8 Å². The number of hydrogen-bond acceptors (Lipinski definition) is 4. The summed E-state index contributed by atoms with van der Waals surface area (Å²) in [6.45, 7) is 1.91. The maximum atomic E-state index is 14.1. The average Bonchev–Trinajstić information content (AvgIpc) is 2.98. The molecular formula is C31H26ClFN4O2S. The highest BCUT2D eigenvalue weighted by Crippen LogP contribution is 2.30. The van der Waals surface area contributed by atoms with Crippen molar-refractivity contribution >= 4 is 52.1 Å². The molecular weight excluding hydrogens is 547 g/mol. The molecule has 1 saturated heterocycles. The van der Waals surface area contributed by atoms with Crippen LogP contribution in [0, 0.1) is 5.82 Å². The zero-order chi connectivity index (χ0) is 28.1. The zero-order valence-corrected chi connectivity index (χ0v) is 23.0. The Morgan fingerprint density at radius 1 is 0.800 bits per heavy atom. The van der Waals surface area contributed by atoms with Gasteiger partial charge in [0.2, 0.25) is 0 Å². The second-order valence-corrected chi connectivity index (χ2v) is 10.1. The molecule has 40 heavy (non-hydrogen) atoms. The third-order valence-corrected chi connectivity index (χ3v) is 7.14. The van der Waals surface area contributed by atoms with Crippen molar-refractivity contribution in [1.82, 2.24) is 10.2 Å². The summed E-state index contributed by atoms with van der Waals surface area (Å²) < 4.78 is 14.1. The van der Waals surface area contributed by atoms with Gasteiger partial charge >= 0.3 is 0 Å². The molecule has 9 heteroatoms. The molecule has 4 aromatic rings. The topological polar surface area (TPSA) is 64.7 Å². The quantitative estimate of drug-likeness (QED) is 0.277. The lowest BCUT2D eigenvalue weighted by atomic mass is 10.0. The molecule has 1 aliphatic rings. The summed E-state index contributed by atoms with van der Waals surface area (Å²) in [6, 6.07) is 28.6. The second kappa shape index (κ2) is 12.3. The predicted octanol–water partition coefficient (Wildman–Crippen LogP) is 6.24. The normalized spacial score (nSPS) is 13.1. The Hall–Kier alpha value is -4.27. The number of carbonyl (C=O) groups is 2. The molecule has 0 radical (unpaired) electrons.